The van der Waals surface area contributed by atoms with Gasteiger partial charge in [0.05, 0.1) is 19.8 Å². The first kappa shape index (κ1) is 25.5. The summed E-state index contributed by atoms with van der Waals surface area (Å²) in [6.07, 6.45) is 9.58. The topological polar surface area (TPSA) is 44.8 Å². The summed E-state index contributed by atoms with van der Waals surface area (Å²) in [6.45, 7) is 10.3. The number of hydrogen-bond donors (Lipinski definition) is 0. The van der Waals surface area contributed by atoms with Gasteiger partial charge < -0.3 is 14.2 Å². The quantitative estimate of drug-likeness (QED) is 0.166. The van der Waals surface area contributed by atoms with E-state index in [9.17, 15) is 4.79 Å². The Hall–Kier alpha value is -2.75. The first-order chi connectivity index (χ1) is 15.6. The fourth-order valence-corrected chi connectivity index (χ4v) is 3.28. The summed E-state index contributed by atoms with van der Waals surface area (Å²) in [4.78, 5) is 12.7. The number of aryl methyl sites for hydroxylation is 1. The summed E-state index contributed by atoms with van der Waals surface area (Å²) < 4.78 is 17.6. The Morgan fingerprint density at radius 3 is 2.06 bits per heavy atom. The van der Waals surface area contributed by atoms with Gasteiger partial charge in [-0.3, -0.25) is 4.79 Å². The van der Waals surface area contributed by atoms with E-state index in [0.717, 1.165) is 66.9 Å². The van der Waals surface area contributed by atoms with Crippen molar-refractivity contribution in [2.45, 2.75) is 66.2 Å². The molecule has 0 saturated heterocycles. The van der Waals surface area contributed by atoms with Crippen molar-refractivity contribution in [3.05, 3.63) is 59.2 Å². The van der Waals surface area contributed by atoms with Crippen molar-refractivity contribution >= 4 is 11.9 Å². The van der Waals surface area contributed by atoms with Crippen LogP contribution in [0.25, 0.3) is 6.08 Å². The van der Waals surface area contributed by atoms with Gasteiger partial charge in [-0.25, -0.2) is 0 Å². The molecule has 0 unspecified atom stereocenters. The zero-order chi connectivity index (χ0) is 23.2. The van der Waals surface area contributed by atoms with E-state index in [0.29, 0.717) is 25.4 Å². The molecule has 32 heavy (non-hydrogen) atoms. The number of carbonyl (C=O) groups is 1. The third kappa shape index (κ3) is 8.07. The Bertz CT molecular complexity index is 852. The minimum Gasteiger partial charge on any atom is -0.494 e. The zero-order valence-corrected chi connectivity index (χ0v) is 20.1. The fourth-order valence-electron chi connectivity index (χ4n) is 3.28. The molecule has 0 aliphatic carbocycles. The van der Waals surface area contributed by atoms with Gasteiger partial charge in [-0.15, -0.1) is 0 Å². The van der Waals surface area contributed by atoms with Gasteiger partial charge in [-0.05, 0) is 74.2 Å². The van der Waals surface area contributed by atoms with E-state index in [2.05, 4.69) is 26.8 Å². The monoisotopic (exact) mass is 438 g/mol. The lowest BCUT2D eigenvalue weighted by atomic mass is 10.0. The van der Waals surface area contributed by atoms with Gasteiger partial charge in [0, 0.05) is 17.2 Å². The Balaban J connectivity index is 2.28. The van der Waals surface area contributed by atoms with Gasteiger partial charge in [0.15, 0.2) is 5.78 Å². The minimum absolute atomic E-state index is 0.0483. The van der Waals surface area contributed by atoms with Gasteiger partial charge in [0.1, 0.15) is 17.2 Å². The SMILES string of the molecule is CCCCOc1cc(OCCCC)c(CCC)cc1C=CC(=O)c1ccc(OCC)cc1. The molecular formula is C28H38O4. The van der Waals surface area contributed by atoms with Gasteiger partial charge >= 0.3 is 0 Å². The second kappa shape index (κ2) is 14.3. The highest BCUT2D eigenvalue weighted by atomic mass is 16.5. The maximum absolute atomic E-state index is 12.7. The number of unbranched alkanes of at least 4 members (excludes halogenated alkanes) is 2. The van der Waals surface area contributed by atoms with Gasteiger partial charge in [-0.1, -0.05) is 40.0 Å². The van der Waals surface area contributed by atoms with E-state index in [-0.39, 0.29) is 5.78 Å². The summed E-state index contributed by atoms with van der Waals surface area (Å²) in [5.74, 6) is 2.37. The van der Waals surface area contributed by atoms with E-state index < -0.39 is 0 Å². The van der Waals surface area contributed by atoms with E-state index in [1.54, 1.807) is 18.2 Å². The van der Waals surface area contributed by atoms with Crippen LogP contribution in [0, 0.1) is 0 Å². The number of ether oxygens (including phenoxy) is 3. The highest BCUT2D eigenvalue weighted by Crippen LogP contribution is 2.32. The molecule has 2 aromatic rings. The molecule has 2 rings (SSSR count). The molecule has 0 fully saturated rings. The predicted octanol–water partition coefficient (Wildman–Crippen LogP) is 7.29. The molecule has 174 valence electrons. The molecule has 0 bridgehead atoms. The molecule has 4 heteroatoms. The molecule has 0 amide bonds. The molecule has 0 aromatic heterocycles. The van der Waals surface area contributed by atoms with Crippen LogP contribution in [-0.4, -0.2) is 25.6 Å². The average molecular weight is 439 g/mol. The molecule has 0 heterocycles. The van der Waals surface area contributed by atoms with Crippen molar-refractivity contribution in [3.63, 3.8) is 0 Å². The molecule has 0 N–H and O–H groups in total. The summed E-state index contributed by atoms with van der Waals surface area (Å²) in [7, 11) is 0. The van der Waals surface area contributed by atoms with Gasteiger partial charge in [0.25, 0.3) is 0 Å². The molecule has 0 radical (unpaired) electrons. The number of carbonyl (C=O) groups excluding carboxylic acids is 1. The molecule has 4 nitrogen and oxygen atoms in total. The van der Waals surface area contributed by atoms with Crippen molar-refractivity contribution < 1.29 is 19.0 Å². The third-order valence-electron chi connectivity index (χ3n) is 5.09. The fraction of sp³-hybridized carbons (Fsp3) is 0.464. The molecule has 0 spiro atoms. The number of allylic oxidation sites excluding steroid dienone is 1. The summed E-state index contributed by atoms with van der Waals surface area (Å²) in [5.41, 5.74) is 2.69. The second-order valence-corrected chi connectivity index (χ2v) is 7.81. The summed E-state index contributed by atoms with van der Waals surface area (Å²) in [5, 5.41) is 0. The van der Waals surface area contributed by atoms with Crippen LogP contribution < -0.4 is 14.2 Å². The number of benzene rings is 2. The number of rotatable bonds is 15. The maximum atomic E-state index is 12.7. The van der Waals surface area contributed by atoms with Crippen molar-refractivity contribution in [2.24, 2.45) is 0 Å². The lowest BCUT2D eigenvalue weighted by Gasteiger charge is -2.16. The van der Waals surface area contributed by atoms with E-state index in [1.807, 2.05) is 31.2 Å². The van der Waals surface area contributed by atoms with Gasteiger partial charge in [0.2, 0.25) is 0 Å². The Kier molecular flexibility index (Phi) is 11.4. The second-order valence-electron chi connectivity index (χ2n) is 7.81. The van der Waals surface area contributed by atoms with Crippen LogP contribution in [0.1, 0.15) is 81.3 Å². The molecular weight excluding hydrogens is 400 g/mol. The molecule has 0 saturated carbocycles. The van der Waals surface area contributed by atoms with Crippen LogP contribution in [0.4, 0.5) is 0 Å². The van der Waals surface area contributed by atoms with Crippen molar-refractivity contribution in [2.75, 3.05) is 19.8 Å². The van der Waals surface area contributed by atoms with Crippen LogP contribution in [0.5, 0.6) is 17.2 Å². The molecule has 2 aromatic carbocycles. The summed E-state index contributed by atoms with van der Waals surface area (Å²) in [6, 6.07) is 11.3. The average Bonchev–Trinajstić information content (AvgIpc) is 2.80. The lowest BCUT2D eigenvalue weighted by Crippen LogP contribution is -2.04. The van der Waals surface area contributed by atoms with Gasteiger partial charge in [-0.2, -0.15) is 0 Å². The molecule has 0 aliphatic heterocycles. The van der Waals surface area contributed by atoms with Crippen LogP contribution >= 0.6 is 0 Å². The van der Waals surface area contributed by atoms with E-state index in [4.69, 9.17) is 14.2 Å². The molecule has 0 aliphatic rings. The van der Waals surface area contributed by atoms with Crippen LogP contribution in [0.3, 0.4) is 0 Å². The Morgan fingerprint density at radius 2 is 1.47 bits per heavy atom. The summed E-state index contributed by atoms with van der Waals surface area (Å²) >= 11 is 0. The maximum Gasteiger partial charge on any atom is 0.185 e. The van der Waals surface area contributed by atoms with Crippen LogP contribution in [0.2, 0.25) is 0 Å². The van der Waals surface area contributed by atoms with Crippen molar-refractivity contribution in [3.8, 4) is 17.2 Å². The van der Waals surface area contributed by atoms with Crippen molar-refractivity contribution in [1.82, 2.24) is 0 Å². The minimum atomic E-state index is -0.0483. The number of hydrogen-bond acceptors (Lipinski definition) is 4. The zero-order valence-electron chi connectivity index (χ0n) is 20.1. The predicted molar refractivity (Wildman–Crippen MR) is 132 cm³/mol. The standard InChI is InChI=1S/C28H38O4/c1-5-9-18-31-27-21-28(32-19-10-6-2)24(20-23(27)11-7-3)14-17-26(29)22-12-15-25(16-13-22)30-8-4/h12-17,20-21H,5-11,18-19H2,1-4H3. The highest BCUT2D eigenvalue weighted by Gasteiger charge is 2.12. The number of ketones is 1. The Labute approximate surface area is 193 Å². The van der Waals surface area contributed by atoms with E-state index >= 15 is 0 Å². The largest absolute Gasteiger partial charge is 0.494 e. The van der Waals surface area contributed by atoms with E-state index in [1.165, 1.54) is 0 Å². The van der Waals surface area contributed by atoms with Crippen LogP contribution in [0.15, 0.2) is 42.5 Å². The highest BCUT2D eigenvalue weighted by molar-refractivity contribution is 6.07. The Morgan fingerprint density at radius 1 is 0.812 bits per heavy atom. The normalized spacial score (nSPS) is 11.0. The third-order valence-corrected chi connectivity index (χ3v) is 5.09. The van der Waals surface area contributed by atoms with Crippen molar-refractivity contribution in [1.29, 1.82) is 0 Å². The smallest absolute Gasteiger partial charge is 0.185 e. The lowest BCUT2D eigenvalue weighted by molar-refractivity contribution is 0.104. The first-order valence-electron chi connectivity index (χ1n) is 12.0. The molecule has 0 atom stereocenters. The van der Waals surface area contributed by atoms with Crippen LogP contribution in [-0.2, 0) is 6.42 Å². The first-order valence-corrected chi connectivity index (χ1v) is 12.0.